The van der Waals surface area contributed by atoms with Gasteiger partial charge in [-0.2, -0.15) is 0 Å². The van der Waals surface area contributed by atoms with E-state index < -0.39 is 0 Å². The van der Waals surface area contributed by atoms with Crippen molar-refractivity contribution in [1.82, 2.24) is 0 Å². The predicted octanol–water partition coefficient (Wildman–Crippen LogP) is 12.3. The van der Waals surface area contributed by atoms with Crippen LogP contribution in [0.25, 0.3) is 0 Å². The molecule has 2 unspecified atom stereocenters. The second-order valence-electron chi connectivity index (χ2n) is 14.6. The molecule has 3 rings (SSSR count). The summed E-state index contributed by atoms with van der Waals surface area (Å²) in [4.78, 5) is 0. The summed E-state index contributed by atoms with van der Waals surface area (Å²) in [5.41, 5.74) is 12.3. The van der Waals surface area contributed by atoms with Gasteiger partial charge in [-0.1, -0.05) is 147 Å². The quantitative estimate of drug-likeness (QED) is 0.181. The zero-order valence-corrected chi connectivity index (χ0v) is 31.2. The minimum atomic E-state index is -0.299. The van der Waals surface area contributed by atoms with Gasteiger partial charge in [0.25, 0.3) is 0 Å². The van der Waals surface area contributed by atoms with Crippen LogP contribution in [-0.2, 0) is 12.3 Å². The average molecular weight is 603 g/mol. The molecule has 0 nitrogen and oxygen atoms in total. The van der Waals surface area contributed by atoms with Crippen molar-refractivity contribution >= 4 is 26.5 Å². The van der Waals surface area contributed by atoms with Crippen LogP contribution in [0.15, 0.2) is 48.5 Å². The van der Waals surface area contributed by atoms with Gasteiger partial charge >= 0.3 is 0 Å². The predicted molar refractivity (Wildman–Crippen MR) is 196 cm³/mol. The molecule has 3 aromatic carbocycles. The van der Waals surface area contributed by atoms with Crippen molar-refractivity contribution in [2.24, 2.45) is 0 Å². The first-order chi connectivity index (χ1) is 19.6. The third-order valence-corrected chi connectivity index (χ3v) is 13.0. The summed E-state index contributed by atoms with van der Waals surface area (Å²) >= 11 is 0. The van der Waals surface area contributed by atoms with Crippen LogP contribution in [-0.4, -0.2) is 13.3 Å². The van der Waals surface area contributed by atoms with Crippen molar-refractivity contribution in [3.63, 3.8) is 0 Å². The summed E-state index contributed by atoms with van der Waals surface area (Å²) in [6, 6.07) is 19.7. The Balaban J connectivity index is 1.97. The van der Waals surface area contributed by atoms with Gasteiger partial charge in [-0.15, -0.1) is 0 Å². The van der Waals surface area contributed by atoms with E-state index >= 15 is 0 Å². The van der Waals surface area contributed by atoms with Crippen LogP contribution in [0, 0.1) is 0 Å². The molecule has 0 fully saturated rings. The highest BCUT2D eigenvalue weighted by Crippen LogP contribution is 2.44. The fourth-order valence-corrected chi connectivity index (χ4v) is 11.1. The molecule has 0 saturated carbocycles. The minimum Gasteiger partial charge on any atom is -0.0734 e. The topological polar surface area (TPSA) is 0 Å². The van der Waals surface area contributed by atoms with Crippen LogP contribution in [0.2, 0.25) is 0 Å². The number of hydrogen-bond donors (Lipinski definition) is 0. The molecule has 0 aliphatic rings. The van der Waals surface area contributed by atoms with Gasteiger partial charge in [0.15, 0.2) is 0 Å². The lowest BCUT2D eigenvalue weighted by atomic mass is 9.89. The lowest BCUT2D eigenvalue weighted by molar-refractivity contribution is 0.813. The Kier molecular flexibility index (Phi) is 12.5. The van der Waals surface area contributed by atoms with Gasteiger partial charge in [0.05, 0.1) is 0 Å². The number of hydrogen-bond acceptors (Lipinski definition) is 0. The molecule has 0 spiro atoms. The van der Waals surface area contributed by atoms with Crippen LogP contribution in [0.5, 0.6) is 0 Å². The molecule has 2 atom stereocenters. The summed E-state index contributed by atoms with van der Waals surface area (Å²) in [5.74, 6) is 3.30. The molecule has 0 aliphatic carbocycles. The zero-order chi connectivity index (χ0) is 31.5. The van der Waals surface area contributed by atoms with Crippen molar-refractivity contribution in [3.8, 4) is 0 Å². The summed E-state index contributed by atoms with van der Waals surface area (Å²) in [6.45, 7) is 33.4. The lowest BCUT2D eigenvalue weighted by Gasteiger charge is -2.28. The molecular weight excluding hydrogens is 542 g/mol. The van der Waals surface area contributed by atoms with Crippen LogP contribution < -0.4 is 10.6 Å². The van der Waals surface area contributed by atoms with Gasteiger partial charge in [0.2, 0.25) is 0 Å². The molecule has 230 valence electrons. The van der Waals surface area contributed by atoms with E-state index in [4.69, 9.17) is 0 Å². The van der Waals surface area contributed by atoms with Crippen molar-refractivity contribution in [1.29, 1.82) is 0 Å². The van der Waals surface area contributed by atoms with Gasteiger partial charge in [-0.3, -0.25) is 0 Å². The van der Waals surface area contributed by atoms with Crippen molar-refractivity contribution in [2.45, 2.75) is 131 Å². The van der Waals surface area contributed by atoms with E-state index in [1.807, 2.05) is 0 Å². The van der Waals surface area contributed by atoms with Crippen molar-refractivity contribution < 1.29 is 0 Å². The first-order valence-corrected chi connectivity index (χ1v) is 20.4. The third-order valence-electron chi connectivity index (χ3n) is 8.80. The van der Waals surface area contributed by atoms with E-state index in [9.17, 15) is 0 Å². The Morgan fingerprint density at radius 1 is 0.429 bits per heavy atom. The molecule has 0 bridgehead atoms. The van der Waals surface area contributed by atoms with Crippen LogP contribution in [0.4, 0.5) is 0 Å². The standard InChI is InChI=1S/C40H60P2/c1-25(2)33-19-35(27(5)6)39(36(20-33)28(7)8)41(13)23-31-16-15-17-32(18-31)24-42(14)40-37(29(9)10)21-34(26(3)4)22-38(40)30(11)12/h15-22,25-30H,23-24H2,1-14H3. The largest absolute Gasteiger partial charge is 0.0734 e. The molecule has 42 heavy (non-hydrogen) atoms. The Morgan fingerprint density at radius 2 is 0.714 bits per heavy atom. The number of benzene rings is 3. The van der Waals surface area contributed by atoms with E-state index in [1.165, 1.54) is 22.3 Å². The minimum absolute atomic E-state index is 0.299. The average Bonchev–Trinajstić information content (AvgIpc) is 2.91. The maximum atomic E-state index is 2.54. The molecule has 0 N–H and O–H groups in total. The fraction of sp³-hybridized carbons (Fsp3) is 0.550. The molecule has 0 heterocycles. The second kappa shape index (κ2) is 15.0. The summed E-state index contributed by atoms with van der Waals surface area (Å²) in [5, 5.41) is 3.33. The molecule has 0 saturated heterocycles. The Hall–Kier alpha value is -1.48. The van der Waals surface area contributed by atoms with E-state index in [0.717, 1.165) is 12.3 Å². The zero-order valence-electron chi connectivity index (χ0n) is 29.4. The highest BCUT2D eigenvalue weighted by atomic mass is 31.1. The SMILES string of the molecule is CC(C)c1cc(C(C)C)c(P(C)Cc2cccc(CP(C)c3c(C(C)C)cc(C(C)C)cc3C(C)C)c2)c(C(C)C)c1. The maximum absolute atomic E-state index is 2.54. The van der Waals surface area contributed by atoms with E-state index in [0.29, 0.717) is 35.5 Å². The lowest BCUT2D eigenvalue weighted by Crippen LogP contribution is -2.19. The van der Waals surface area contributed by atoms with Crippen LogP contribution in [0.1, 0.15) is 163 Å². The van der Waals surface area contributed by atoms with E-state index in [2.05, 4.69) is 145 Å². The van der Waals surface area contributed by atoms with Crippen LogP contribution in [0.3, 0.4) is 0 Å². The molecule has 0 aliphatic heterocycles. The first kappa shape index (κ1) is 35.0. The fourth-order valence-electron chi connectivity index (χ4n) is 6.25. The van der Waals surface area contributed by atoms with Gasteiger partial charge in [-0.05, 0) is 116 Å². The molecule has 3 aromatic rings. The molecule has 2 heteroatoms. The van der Waals surface area contributed by atoms with E-state index in [-0.39, 0.29) is 15.8 Å². The second-order valence-corrected chi connectivity index (χ2v) is 18.9. The maximum Gasteiger partial charge on any atom is -0.00350 e. The van der Waals surface area contributed by atoms with Gasteiger partial charge < -0.3 is 0 Å². The first-order valence-electron chi connectivity index (χ1n) is 16.5. The Bertz CT molecular complexity index is 1170. The molecule has 0 aromatic heterocycles. The van der Waals surface area contributed by atoms with Crippen molar-refractivity contribution in [2.75, 3.05) is 13.3 Å². The normalized spacial score (nSPS) is 13.8. The van der Waals surface area contributed by atoms with Crippen LogP contribution >= 0.6 is 15.8 Å². The Morgan fingerprint density at radius 3 is 0.952 bits per heavy atom. The molecule has 0 radical (unpaired) electrons. The highest BCUT2D eigenvalue weighted by molar-refractivity contribution is 7.64. The molecular formula is C40H60P2. The summed E-state index contributed by atoms with van der Waals surface area (Å²) < 4.78 is 0. The van der Waals surface area contributed by atoms with Gasteiger partial charge in [-0.25, -0.2) is 0 Å². The monoisotopic (exact) mass is 602 g/mol. The summed E-state index contributed by atoms with van der Waals surface area (Å²) in [7, 11) is -0.598. The summed E-state index contributed by atoms with van der Waals surface area (Å²) in [6.07, 6.45) is 2.31. The van der Waals surface area contributed by atoms with Crippen molar-refractivity contribution in [3.05, 3.63) is 93.0 Å². The smallest absolute Gasteiger partial charge is 0.00350 e. The number of rotatable bonds is 12. The van der Waals surface area contributed by atoms with E-state index in [1.54, 1.807) is 32.9 Å². The highest BCUT2D eigenvalue weighted by Gasteiger charge is 2.23. The van der Waals surface area contributed by atoms with Gasteiger partial charge in [0, 0.05) is 0 Å². The third kappa shape index (κ3) is 8.36. The van der Waals surface area contributed by atoms with Gasteiger partial charge in [0.1, 0.15) is 0 Å². The molecule has 0 amide bonds. The Labute approximate surface area is 263 Å².